The zero-order valence-electron chi connectivity index (χ0n) is 11.8. The van der Waals surface area contributed by atoms with E-state index in [-0.39, 0.29) is 0 Å². The van der Waals surface area contributed by atoms with Crippen molar-refractivity contribution in [3.63, 3.8) is 0 Å². The first-order valence-corrected chi connectivity index (χ1v) is 6.66. The molecule has 0 spiro atoms. The molecule has 0 aromatic heterocycles. The maximum atomic E-state index is 13.5. The molecule has 7 heteroatoms. The summed E-state index contributed by atoms with van der Waals surface area (Å²) in [5, 5.41) is 5.06. The van der Waals surface area contributed by atoms with E-state index in [1.165, 1.54) is 19.2 Å². The number of aryl methyl sites for hydroxylation is 1. The fourth-order valence-electron chi connectivity index (χ4n) is 1.81. The van der Waals surface area contributed by atoms with E-state index in [1.54, 1.807) is 13.0 Å². The summed E-state index contributed by atoms with van der Waals surface area (Å²) in [5.41, 5.74) is 0.526. The first kappa shape index (κ1) is 16.0. The lowest BCUT2D eigenvalue weighted by molar-refractivity contribution is 0.261. The lowest BCUT2D eigenvalue weighted by atomic mass is 10.2. The van der Waals surface area contributed by atoms with Gasteiger partial charge in [0.15, 0.2) is 0 Å². The molecular weight excluding hydrogens is 314 g/mol. The van der Waals surface area contributed by atoms with E-state index >= 15 is 0 Å². The van der Waals surface area contributed by atoms with Crippen LogP contribution >= 0.6 is 11.6 Å². The number of halogens is 3. The Hall–Kier alpha value is -2.34. The number of amides is 2. The van der Waals surface area contributed by atoms with Crippen molar-refractivity contribution in [2.75, 3.05) is 17.7 Å². The van der Waals surface area contributed by atoms with Gasteiger partial charge in [-0.25, -0.2) is 13.6 Å². The third-order valence-corrected chi connectivity index (χ3v) is 3.34. The molecule has 0 saturated carbocycles. The van der Waals surface area contributed by atoms with Crippen LogP contribution in [0.2, 0.25) is 5.02 Å². The van der Waals surface area contributed by atoms with Crippen molar-refractivity contribution < 1.29 is 18.3 Å². The predicted molar refractivity (Wildman–Crippen MR) is 81.7 cm³/mol. The van der Waals surface area contributed by atoms with Crippen LogP contribution in [0.4, 0.5) is 25.0 Å². The highest BCUT2D eigenvalue weighted by Gasteiger charge is 2.14. The molecule has 0 aliphatic carbocycles. The third-order valence-electron chi connectivity index (χ3n) is 2.93. The summed E-state index contributed by atoms with van der Waals surface area (Å²) in [6.45, 7) is 1.75. The molecule has 0 aliphatic rings. The number of ether oxygens (including phenoxy) is 1. The summed E-state index contributed by atoms with van der Waals surface area (Å²) < 4.78 is 32.1. The van der Waals surface area contributed by atoms with Gasteiger partial charge in [-0.3, -0.25) is 0 Å². The minimum Gasteiger partial charge on any atom is -0.495 e. The second kappa shape index (κ2) is 6.62. The van der Waals surface area contributed by atoms with Crippen molar-refractivity contribution in [3.05, 3.63) is 52.6 Å². The highest BCUT2D eigenvalue weighted by molar-refractivity contribution is 6.31. The van der Waals surface area contributed by atoms with E-state index in [1.807, 2.05) is 0 Å². The van der Waals surface area contributed by atoms with Gasteiger partial charge in [-0.1, -0.05) is 17.7 Å². The molecule has 2 N–H and O–H groups in total. The Kier molecular flexibility index (Phi) is 4.82. The number of rotatable bonds is 3. The average Bonchev–Trinajstić information content (AvgIpc) is 2.46. The molecule has 22 heavy (non-hydrogen) atoms. The van der Waals surface area contributed by atoms with Gasteiger partial charge in [0, 0.05) is 11.1 Å². The Morgan fingerprint density at radius 1 is 1.18 bits per heavy atom. The summed E-state index contributed by atoms with van der Waals surface area (Å²) >= 11 is 5.96. The van der Waals surface area contributed by atoms with Gasteiger partial charge in [0.2, 0.25) is 0 Å². The predicted octanol–water partition coefficient (Wildman–Crippen LogP) is 4.58. The van der Waals surface area contributed by atoms with E-state index in [4.69, 9.17) is 16.3 Å². The molecule has 2 aromatic rings. The van der Waals surface area contributed by atoms with Gasteiger partial charge in [0.05, 0.1) is 12.8 Å². The van der Waals surface area contributed by atoms with Crippen LogP contribution in [0.15, 0.2) is 30.3 Å². The van der Waals surface area contributed by atoms with Crippen molar-refractivity contribution in [3.8, 4) is 5.75 Å². The highest BCUT2D eigenvalue weighted by Crippen LogP contribution is 2.31. The van der Waals surface area contributed by atoms with Gasteiger partial charge in [0.1, 0.15) is 23.1 Å². The second-order valence-electron chi connectivity index (χ2n) is 4.48. The van der Waals surface area contributed by atoms with Crippen LogP contribution in [0.5, 0.6) is 5.75 Å². The van der Waals surface area contributed by atoms with E-state index in [9.17, 15) is 13.6 Å². The van der Waals surface area contributed by atoms with Crippen LogP contribution in [0.25, 0.3) is 0 Å². The van der Waals surface area contributed by atoms with Crippen LogP contribution in [0, 0.1) is 18.6 Å². The smallest absolute Gasteiger partial charge is 0.323 e. The number of hydrogen-bond donors (Lipinski definition) is 2. The van der Waals surface area contributed by atoms with Gasteiger partial charge in [-0.2, -0.15) is 0 Å². The number of carbonyl (C=O) groups is 1. The SMILES string of the molecule is COc1cc(Cl)c(C)cc1NC(=O)Nc1c(F)cccc1F. The van der Waals surface area contributed by atoms with Crippen LogP contribution in [-0.2, 0) is 0 Å². The maximum absolute atomic E-state index is 13.5. The molecule has 116 valence electrons. The Morgan fingerprint density at radius 2 is 1.82 bits per heavy atom. The molecule has 0 radical (unpaired) electrons. The first-order chi connectivity index (χ1) is 10.4. The number of urea groups is 1. The fourth-order valence-corrected chi connectivity index (χ4v) is 1.97. The van der Waals surface area contributed by atoms with Crippen LogP contribution in [0.3, 0.4) is 0 Å². The number of nitrogens with one attached hydrogen (secondary N) is 2. The normalized spacial score (nSPS) is 10.2. The van der Waals surface area contributed by atoms with E-state index in [0.717, 1.165) is 17.7 Å². The summed E-state index contributed by atoms with van der Waals surface area (Å²) in [6.07, 6.45) is 0. The first-order valence-electron chi connectivity index (χ1n) is 6.28. The highest BCUT2D eigenvalue weighted by atomic mass is 35.5. The van der Waals surface area contributed by atoms with Crippen molar-refractivity contribution in [1.29, 1.82) is 0 Å². The van der Waals surface area contributed by atoms with Gasteiger partial charge in [0.25, 0.3) is 0 Å². The molecule has 2 amide bonds. The van der Waals surface area contributed by atoms with Crippen LogP contribution in [0.1, 0.15) is 5.56 Å². The molecule has 0 saturated heterocycles. The van der Waals surface area contributed by atoms with Gasteiger partial charge in [-0.15, -0.1) is 0 Å². The Bertz CT molecular complexity index is 703. The summed E-state index contributed by atoms with van der Waals surface area (Å²) in [5.74, 6) is -1.40. The zero-order valence-corrected chi connectivity index (χ0v) is 12.6. The van der Waals surface area contributed by atoms with E-state index < -0.39 is 23.4 Å². The quantitative estimate of drug-likeness (QED) is 0.867. The molecule has 0 aliphatic heterocycles. The second-order valence-corrected chi connectivity index (χ2v) is 4.88. The molecule has 0 unspecified atom stereocenters. The molecule has 0 heterocycles. The lowest BCUT2D eigenvalue weighted by Crippen LogP contribution is -2.21. The molecular formula is C15H13ClF2N2O2. The topological polar surface area (TPSA) is 50.4 Å². The number of benzene rings is 2. The number of hydrogen-bond acceptors (Lipinski definition) is 2. The lowest BCUT2D eigenvalue weighted by Gasteiger charge is -2.13. The maximum Gasteiger partial charge on any atom is 0.323 e. The Morgan fingerprint density at radius 3 is 2.41 bits per heavy atom. The van der Waals surface area contributed by atoms with Gasteiger partial charge in [-0.05, 0) is 30.7 Å². The number of para-hydroxylation sites is 1. The summed E-state index contributed by atoms with van der Waals surface area (Å²) in [7, 11) is 1.42. The zero-order chi connectivity index (χ0) is 16.3. The van der Waals surface area contributed by atoms with Gasteiger partial charge < -0.3 is 15.4 Å². The third kappa shape index (κ3) is 3.46. The average molecular weight is 327 g/mol. The molecule has 0 atom stereocenters. The molecule has 0 fully saturated rings. The monoisotopic (exact) mass is 326 g/mol. The molecule has 4 nitrogen and oxygen atoms in total. The minimum absolute atomic E-state index is 0.332. The Labute approximate surface area is 131 Å². The number of anilines is 2. The summed E-state index contributed by atoms with van der Waals surface area (Å²) in [4.78, 5) is 11.9. The van der Waals surface area contributed by atoms with Crippen LogP contribution in [-0.4, -0.2) is 13.1 Å². The number of methoxy groups -OCH3 is 1. The summed E-state index contributed by atoms with van der Waals surface area (Å²) in [6, 6.07) is 5.63. The standard InChI is InChI=1S/C15H13ClF2N2O2/c1-8-6-12(13(22-2)7-9(8)16)19-15(21)20-14-10(17)4-3-5-11(14)18/h3-7H,1-2H3,(H2,19,20,21). The largest absolute Gasteiger partial charge is 0.495 e. The van der Waals surface area contributed by atoms with Gasteiger partial charge >= 0.3 is 6.03 Å². The fraction of sp³-hybridized carbons (Fsp3) is 0.133. The van der Waals surface area contributed by atoms with Crippen LogP contribution < -0.4 is 15.4 Å². The van der Waals surface area contributed by atoms with Crippen molar-refractivity contribution >= 4 is 29.0 Å². The molecule has 2 aromatic carbocycles. The van der Waals surface area contributed by atoms with Crippen molar-refractivity contribution in [2.24, 2.45) is 0 Å². The minimum atomic E-state index is -0.866. The number of carbonyl (C=O) groups excluding carboxylic acids is 1. The molecule has 2 rings (SSSR count). The van der Waals surface area contributed by atoms with Crippen molar-refractivity contribution in [1.82, 2.24) is 0 Å². The van der Waals surface area contributed by atoms with E-state index in [0.29, 0.717) is 16.5 Å². The Balaban J connectivity index is 2.21. The van der Waals surface area contributed by atoms with Crippen molar-refractivity contribution in [2.45, 2.75) is 6.92 Å². The molecule has 0 bridgehead atoms. The van der Waals surface area contributed by atoms with E-state index in [2.05, 4.69) is 10.6 Å².